The van der Waals surface area contributed by atoms with Crippen molar-refractivity contribution < 1.29 is 4.79 Å². The molecule has 106 valence electrons. The fourth-order valence-corrected chi connectivity index (χ4v) is 3.01. The Morgan fingerprint density at radius 2 is 2.00 bits per heavy atom. The number of carbonyl (C=O) groups is 1. The van der Waals surface area contributed by atoms with E-state index in [1.807, 2.05) is 30.0 Å². The number of hydrogen-bond acceptors (Lipinski definition) is 1. The van der Waals surface area contributed by atoms with Crippen LogP contribution in [0.15, 0.2) is 18.2 Å². The largest absolute Gasteiger partial charge is 0.334 e. The second-order valence-corrected chi connectivity index (χ2v) is 6.05. The lowest BCUT2D eigenvalue weighted by molar-refractivity contribution is 0.0680. The molecule has 0 fully saturated rings. The van der Waals surface area contributed by atoms with Gasteiger partial charge in [0.2, 0.25) is 0 Å². The highest BCUT2D eigenvalue weighted by atomic mass is 127. The second-order valence-electron chi connectivity index (χ2n) is 4.59. The molecule has 1 aromatic carbocycles. The van der Waals surface area contributed by atoms with Crippen LogP contribution in [-0.4, -0.2) is 29.3 Å². The maximum Gasteiger partial charge on any atom is 0.255 e. The van der Waals surface area contributed by atoms with Crippen LogP contribution < -0.4 is 0 Å². The molecule has 1 amide bonds. The monoisotopic (exact) mass is 393 g/mol. The van der Waals surface area contributed by atoms with Crippen molar-refractivity contribution >= 4 is 40.1 Å². The minimum absolute atomic E-state index is 0.0995. The molecule has 0 saturated carbocycles. The summed E-state index contributed by atoms with van der Waals surface area (Å²) in [6.07, 6.45) is 1.92. The molecule has 19 heavy (non-hydrogen) atoms. The lowest BCUT2D eigenvalue weighted by Gasteiger charge is -2.30. The van der Waals surface area contributed by atoms with Gasteiger partial charge in [-0.05, 0) is 54.0 Å². The Kier molecular flexibility index (Phi) is 7.15. The van der Waals surface area contributed by atoms with E-state index in [4.69, 9.17) is 11.6 Å². The topological polar surface area (TPSA) is 20.3 Å². The summed E-state index contributed by atoms with van der Waals surface area (Å²) >= 11 is 8.11. The van der Waals surface area contributed by atoms with Gasteiger partial charge < -0.3 is 4.90 Å². The first kappa shape index (κ1) is 16.8. The molecule has 4 heteroatoms. The molecule has 0 aliphatic heterocycles. The molecule has 0 heterocycles. The third kappa shape index (κ3) is 4.09. The van der Waals surface area contributed by atoms with Gasteiger partial charge in [0.15, 0.2) is 0 Å². The first-order valence-electron chi connectivity index (χ1n) is 6.68. The highest BCUT2D eigenvalue weighted by Gasteiger charge is 2.23. The molecule has 1 aromatic rings. The number of rotatable bonds is 6. The summed E-state index contributed by atoms with van der Waals surface area (Å²) in [7, 11) is 0. The van der Waals surface area contributed by atoms with Crippen molar-refractivity contribution in [1.82, 2.24) is 4.90 Å². The molecule has 0 bridgehead atoms. The van der Waals surface area contributed by atoms with Gasteiger partial charge in [0.25, 0.3) is 5.91 Å². The van der Waals surface area contributed by atoms with Gasteiger partial charge in [-0.25, -0.2) is 0 Å². The zero-order valence-corrected chi connectivity index (χ0v) is 14.7. The van der Waals surface area contributed by atoms with Crippen LogP contribution >= 0.6 is 34.2 Å². The van der Waals surface area contributed by atoms with Crippen molar-refractivity contribution in [1.29, 1.82) is 0 Å². The van der Waals surface area contributed by atoms with E-state index in [1.165, 1.54) is 0 Å². The molecular weight excluding hydrogens is 373 g/mol. The third-order valence-corrected chi connectivity index (χ3v) is 4.99. The summed E-state index contributed by atoms with van der Waals surface area (Å²) in [5.41, 5.74) is 1.93. The van der Waals surface area contributed by atoms with Crippen LogP contribution in [-0.2, 0) is 0 Å². The Bertz CT molecular complexity index is 432. The summed E-state index contributed by atoms with van der Waals surface area (Å²) in [4.78, 5) is 14.7. The van der Waals surface area contributed by atoms with Gasteiger partial charge in [-0.3, -0.25) is 4.79 Å². The number of halogens is 2. The fraction of sp³-hybridized carbons (Fsp3) is 0.533. The molecule has 0 aromatic heterocycles. The summed E-state index contributed by atoms with van der Waals surface area (Å²) in [6.45, 7) is 6.87. The lowest BCUT2D eigenvalue weighted by Crippen LogP contribution is -2.41. The van der Waals surface area contributed by atoms with Gasteiger partial charge in [-0.15, -0.1) is 11.6 Å². The minimum Gasteiger partial charge on any atom is -0.334 e. The minimum atomic E-state index is 0.0995. The third-order valence-electron chi connectivity index (χ3n) is 3.39. The highest BCUT2D eigenvalue weighted by Crippen LogP contribution is 2.21. The summed E-state index contributed by atoms with van der Waals surface area (Å²) < 4.78 is 1.04. The van der Waals surface area contributed by atoms with E-state index in [9.17, 15) is 4.79 Å². The van der Waals surface area contributed by atoms with Gasteiger partial charge in [-0.2, -0.15) is 0 Å². The van der Waals surface area contributed by atoms with Crippen LogP contribution in [0.3, 0.4) is 0 Å². The Hall–Kier alpha value is -0.290. The summed E-state index contributed by atoms with van der Waals surface area (Å²) in [5, 5.41) is 0. The second kappa shape index (κ2) is 8.10. The molecule has 2 nitrogen and oxygen atoms in total. The predicted octanol–water partition coefficient (Wildman–Crippen LogP) is 4.47. The first-order chi connectivity index (χ1) is 9.06. The van der Waals surface area contributed by atoms with Crippen molar-refractivity contribution in [3.63, 3.8) is 0 Å². The van der Waals surface area contributed by atoms with Crippen LogP contribution in [0, 0.1) is 10.5 Å². The van der Waals surface area contributed by atoms with Crippen LogP contribution in [0.1, 0.15) is 42.6 Å². The Morgan fingerprint density at radius 3 is 2.53 bits per heavy atom. The van der Waals surface area contributed by atoms with Crippen LogP contribution in [0.2, 0.25) is 0 Å². The molecule has 0 saturated heterocycles. The normalized spacial score (nSPS) is 10.8. The zero-order chi connectivity index (χ0) is 14.4. The number of amides is 1. The molecule has 0 spiro atoms. The molecular formula is C15H21ClINO. The van der Waals surface area contributed by atoms with E-state index in [1.54, 1.807) is 0 Å². The number of aryl methyl sites for hydroxylation is 1. The van der Waals surface area contributed by atoms with Crippen molar-refractivity contribution in [2.45, 2.75) is 39.7 Å². The molecule has 0 radical (unpaired) electrons. The van der Waals surface area contributed by atoms with Crippen molar-refractivity contribution in [3.05, 3.63) is 32.9 Å². The van der Waals surface area contributed by atoms with Crippen molar-refractivity contribution in [3.8, 4) is 0 Å². The van der Waals surface area contributed by atoms with E-state index in [0.29, 0.717) is 12.4 Å². The van der Waals surface area contributed by atoms with Gasteiger partial charge in [0.1, 0.15) is 0 Å². The molecule has 1 rings (SSSR count). The molecule has 0 unspecified atom stereocenters. The maximum atomic E-state index is 12.7. The van der Waals surface area contributed by atoms with E-state index >= 15 is 0 Å². The smallest absolute Gasteiger partial charge is 0.255 e. The SMILES string of the molecule is CCC(CC)N(CCCl)C(=O)c1cccc(C)c1I. The predicted molar refractivity (Wildman–Crippen MR) is 90.0 cm³/mol. The Morgan fingerprint density at radius 1 is 1.37 bits per heavy atom. The number of alkyl halides is 1. The Labute approximate surface area is 134 Å². The van der Waals surface area contributed by atoms with Gasteiger partial charge in [0.05, 0.1) is 5.56 Å². The summed E-state index contributed by atoms with van der Waals surface area (Å²) in [5.74, 6) is 0.576. The van der Waals surface area contributed by atoms with Gasteiger partial charge in [-0.1, -0.05) is 26.0 Å². The van der Waals surface area contributed by atoms with Crippen molar-refractivity contribution in [2.75, 3.05) is 12.4 Å². The van der Waals surface area contributed by atoms with E-state index in [0.717, 1.165) is 27.5 Å². The summed E-state index contributed by atoms with van der Waals surface area (Å²) in [6, 6.07) is 6.14. The standard InChI is InChI=1S/C15H21ClINO/c1-4-12(5-2)18(10-9-16)15(19)13-8-6-7-11(3)14(13)17/h6-8,12H,4-5,9-10H2,1-3H3. The van der Waals surface area contributed by atoms with Crippen LogP contribution in [0.4, 0.5) is 0 Å². The van der Waals surface area contributed by atoms with E-state index in [2.05, 4.69) is 36.4 Å². The number of carbonyl (C=O) groups excluding carboxylic acids is 1. The number of nitrogens with zero attached hydrogens (tertiary/aromatic N) is 1. The fourth-order valence-electron chi connectivity index (χ4n) is 2.24. The van der Waals surface area contributed by atoms with Crippen LogP contribution in [0.25, 0.3) is 0 Å². The maximum absolute atomic E-state index is 12.7. The highest BCUT2D eigenvalue weighted by molar-refractivity contribution is 14.1. The number of benzene rings is 1. The van der Waals surface area contributed by atoms with Crippen molar-refractivity contribution in [2.24, 2.45) is 0 Å². The quantitative estimate of drug-likeness (QED) is 0.516. The first-order valence-corrected chi connectivity index (χ1v) is 8.30. The lowest BCUT2D eigenvalue weighted by atomic mass is 10.1. The Balaban J connectivity index is 3.08. The molecule has 0 N–H and O–H groups in total. The van der Waals surface area contributed by atoms with Gasteiger partial charge in [0, 0.05) is 22.0 Å². The molecule has 0 aliphatic rings. The number of hydrogen-bond donors (Lipinski definition) is 0. The van der Waals surface area contributed by atoms with E-state index in [-0.39, 0.29) is 11.9 Å². The van der Waals surface area contributed by atoms with E-state index < -0.39 is 0 Å². The molecule has 0 atom stereocenters. The molecule has 0 aliphatic carbocycles. The zero-order valence-electron chi connectivity index (χ0n) is 11.7. The van der Waals surface area contributed by atoms with Crippen LogP contribution in [0.5, 0.6) is 0 Å². The van der Waals surface area contributed by atoms with Gasteiger partial charge >= 0.3 is 0 Å². The average molecular weight is 394 g/mol. The average Bonchev–Trinajstić information content (AvgIpc) is 2.41.